The van der Waals surface area contributed by atoms with Crippen LogP contribution in [0.3, 0.4) is 0 Å². The lowest BCUT2D eigenvalue weighted by Gasteiger charge is -2.02. The van der Waals surface area contributed by atoms with Crippen molar-refractivity contribution in [2.45, 2.75) is 0 Å². The Kier molecular flexibility index (Phi) is 4.75. The first-order chi connectivity index (χ1) is 11.4. The van der Waals surface area contributed by atoms with Crippen LogP contribution >= 0.6 is 0 Å². The standard InChI is InChI=1S/C13H9N5O6/c19-16(20)10-5-6-11(13(7-10)18(23)24)15-14-8-9-3-1-2-4-12(9)17(21)22/h1-8,15H/b14-8-. The zero-order chi connectivity index (χ0) is 17.7. The van der Waals surface area contributed by atoms with Crippen LogP contribution in [0.25, 0.3) is 0 Å². The second-order valence-corrected chi connectivity index (χ2v) is 4.40. The van der Waals surface area contributed by atoms with E-state index in [1.807, 2.05) is 0 Å². The summed E-state index contributed by atoms with van der Waals surface area (Å²) in [5.74, 6) is 0. The van der Waals surface area contributed by atoms with Crippen molar-refractivity contribution in [3.63, 3.8) is 0 Å². The Morgan fingerprint density at radius 2 is 1.54 bits per heavy atom. The summed E-state index contributed by atoms with van der Waals surface area (Å²) in [6.07, 6.45) is 1.13. The number of nitro groups is 3. The monoisotopic (exact) mass is 331 g/mol. The van der Waals surface area contributed by atoms with Crippen LogP contribution in [0.4, 0.5) is 22.7 Å². The number of hydrazone groups is 1. The smallest absolute Gasteiger partial charge is 0.272 e. The minimum Gasteiger partial charge on any atom is -0.272 e. The van der Waals surface area contributed by atoms with Crippen molar-refractivity contribution in [2.75, 3.05) is 5.43 Å². The predicted molar refractivity (Wildman–Crippen MR) is 84.1 cm³/mol. The van der Waals surface area contributed by atoms with Crippen LogP contribution in [0, 0.1) is 30.3 Å². The van der Waals surface area contributed by atoms with Gasteiger partial charge in [0.25, 0.3) is 11.4 Å². The number of non-ortho nitro benzene ring substituents is 1. The fourth-order valence-electron chi connectivity index (χ4n) is 1.81. The summed E-state index contributed by atoms with van der Waals surface area (Å²) in [6, 6.07) is 8.81. The molecule has 24 heavy (non-hydrogen) atoms. The van der Waals surface area contributed by atoms with Crippen LogP contribution < -0.4 is 5.43 Å². The van der Waals surface area contributed by atoms with Gasteiger partial charge in [0.05, 0.1) is 32.6 Å². The van der Waals surface area contributed by atoms with E-state index in [1.165, 1.54) is 18.2 Å². The minimum atomic E-state index is -0.796. The van der Waals surface area contributed by atoms with Gasteiger partial charge in [-0.25, -0.2) is 0 Å². The average Bonchev–Trinajstić information content (AvgIpc) is 2.55. The quantitative estimate of drug-likeness (QED) is 0.484. The number of nitrogens with zero attached hydrogens (tertiary/aromatic N) is 4. The maximum absolute atomic E-state index is 11.0. The van der Waals surface area contributed by atoms with E-state index in [4.69, 9.17) is 0 Å². The van der Waals surface area contributed by atoms with Crippen molar-refractivity contribution in [3.05, 3.63) is 78.4 Å². The normalized spacial score (nSPS) is 10.5. The summed E-state index contributed by atoms with van der Waals surface area (Å²) in [5.41, 5.74) is 1.32. The molecule has 2 aromatic carbocycles. The number of hydrogen-bond donors (Lipinski definition) is 1. The van der Waals surface area contributed by atoms with Crippen LogP contribution in [0.2, 0.25) is 0 Å². The predicted octanol–water partition coefficient (Wildman–Crippen LogP) is 2.86. The molecule has 0 heterocycles. The Morgan fingerprint density at radius 1 is 0.875 bits per heavy atom. The van der Waals surface area contributed by atoms with Crippen LogP contribution in [0.1, 0.15) is 5.56 Å². The lowest BCUT2D eigenvalue weighted by atomic mass is 10.2. The molecule has 0 aliphatic carbocycles. The Morgan fingerprint density at radius 3 is 2.17 bits per heavy atom. The maximum Gasteiger partial charge on any atom is 0.301 e. The van der Waals surface area contributed by atoms with Crippen LogP contribution in [-0.2, 0) is 0 Å². The molecule has 0 unspecified atom stereocenters. The third-order valence-corrected chi connectivity index (χ3v) is 2.91. The molecule has 11 heteroatoms. The molecule has 0 saturated carbocycles. The lowest BCUT2D eigenvalue weighted by Crippen LogP contribution is -1.99. The first-order valence-corrected chi connectivity index (χ1v) is 6.35. The molecule has 0 aliphatic heterocycles. The molecule has 1 N–H and O–H groups in total. The molecule has 0 atom stereocenters. The third kappa shape index (κ3) is 3.65. The second kappa shape index (κ2) is 6.91. The zero-order valence-corrected chi connectivity index (χ0v) is 11.9. The molecule has 122 valence electrons. The molecule has 0 aliphatic rings. The number of nitro benzene ring substituents is 3. The highest BCUT2D eigenvalue weighted by Crippen LogP contribution is 2.28. The fourth-order valence-corrected chi connectivity index (χ4v) is 1.81. The molecule has 0 saturated heterocycles. The van der Waals surface area contributed by atoms with E-state index in [2.05, 4.69) is 10.5 Å². The van der Waals surface area contributed by atoms with E-state index in [1.54, 1.807) is 6.07 Å². The number of para-hydroxylation sites is 1. The Balaban J connectivity index is 2.28. The van der Waals surface area contributed by atoms with E-state index in [0.717, 1.165) is 24.4 Å². The van der Waals surface area contributed by atoms with Crippen molar-refractivity contribution < 1.29 is 14.8 Å². The summed E-state index contributed by atoms with van der Waals surface area (Å²) in [5, 5.41) is 36.2. The minimum absolute atomic E-state index is 0.0829. The Labute approximate surface area is 133 Å². The van der Waals surface area contributed by atoms with Gasteiger partial charge in [-0.05, 0) is 12.1 Å². The van der Waals surface area contributed by atoms with Gasteiger partial charge in [0.2, 0.25) is 0 Å². The number of benzene rings is 2. The molecule has 2 rings (SSSR count). The molecule has 11 nitrogen and oxygen atoms in total. The molecular weight excluding hydrogens is 322 g/mol. The first kappa shape index (κ1) is 16.5. The van der Waals surface area contributed by atoms with Crippen LogP contribution in [-0.4, -0.2) is 21.0 Å². The molecule has 0 spiro atoms. The molecule has 0 aromatic heterocycles. The van der Waals surface area contributed by atoms with Gasteiger partial charge in [0, 0.05) is 12.1 Å². The van der Waals surface area contributed by atoms with Gasteiger partial charge in [0.1, 0.15) is 5.69 Å². The summed E-state index contributed by atoms with van der Waals surface area (Å²) in [4.78, 5) is 30.4. The van der Waals surface area contributed by atoms with Crippen molar-refractivity contribution in [1.82, 2.24) is 0 Å². The van der Waals surface area contributed by atoms with Gasteiger partial charge in [-0.15, -0.1) is 0 Å². The second-order valence-electron chi connectivity index (χ2n) is 4.40. The maximum atomic E-state index is 11.0. The van der Waals surface area contributed by atoms with Gasteiger partial charge in [0.15, 0.2) is 0 Å². The zero-order valence-electron chi connectivity index (χ0n) is 11.9. The van der Waals surface area contributed by atoms with Crippen molar-refractivity contribution >= 4 is 29.0 Å². The summed E-state index contributed by atoms with van der Waals surface area (Å²) in [6.45, 7) is 0. The fraction of sp³-hybridized carbons (Fsp3) is 0. The van der Waals surface area contributed by atoms with Crippen molar-refractivity contribution in [2.24, 2.45) is 5.10 Å². The molecule has 0 radical (unpaired) electrons. The van der Waals surface area contributed by atoms with E-state index in [9.17, 15) is 30.3 Å². The first-order valence-electron chi connectivity index (χ1n) is 6.35. The van der Waals surface area contributed by atoms with Gasteiger partial charge in [-0.3, -0.25) is 35.8 Å². The molecule has 0 amide bonds. The van der Waals surface area contributed by atoms with Gasteiger partial charge in [-0.2, -0.15) is 5.10 Å². The number of rotatable bonds is 6. The molecule has 0 fully saturated rings. The summed E-state index contributed by atoms with van der Waals surface area (Å²) >= 11 is 0. The molecular formula is C13H9N5O6. The van der Waals surface area contributed by atoms with Crippen LogP contribution in [0.15, 0.2) is 47.6 Å². The number of hydrogen-bond acceptors (Lipinski definition) is 8. The van der Waals surface area contributed by atoms with E-state index >= 15 is 0 Å². The van der Waals surface area contributed by atoms with Crippen molar-refractivity contribution in [1.29, 1.82) is 0 Å². The number of nitrogens with one attached hydrogen (secondary N) is 1. The average molecular weight is 331 g/mol. The van der Waals surface area contributed by atoms with Gasteiger partial charge in [-0.1, -0.05) is 12.1 Å². The highest BCUT2D eigenvalue weighted by molar-refractivity contribution is 5.85. The van der Waals surface area contributed by atoms with E-state index in [0.29, 0.717) is 0 Å². The Bertz CT molecular complexity index is 850. The topological polar surface area (TPSA) is 154 Å². The van der Waals surface area contributed by atoms with E-state index < -0.39 is 26.1 Å². The SMILES string of the molecule is O=[N+]([O-])c1ccc(N/N=C\c2ccccc2[N+](=O)[O-])c([N+](=O)[O-])c1. The largest absolute Gasteiger partial charge is 0.301 e. The molecule has 2 aromatic rings. The number of anilines is 1. The molecule has 0 bridgehead atoms. The van der Waals surface area contributed by atoms with Crippen LogP contribution in [0.5, 0.6) is 0 Å². The van der Waals surface area contributed by atoms with Gasteiger partial charge >= 0.3 is 5.69 Å². The summed E-state index contributed by atoms with van der Waals surface area (Å²) in [7, 11) is 0. The highest BCUT2D eigenvalue weighted by Gasteiger charge is 2.19. The highest BCUT2D eigenvalue weighted by atomic mass is 16.6. The summed E-state index contributed by atoms with van der Waals surface area (Å²) < 4.78 is 0. The lowest BCUT2D eigenvalue weighted by molar-refractivity contribution is -0.393. The Hall–Kier alpha value is -3.89. The van der Waals surface area contributed by atoms with Crippen molar-refractivity contribution in [3.8, 4) is 0 Å². The van der Waals surface area contributed by atoms with E-state index in [-0.39, 0.29) is 16.9 Å². The van der Waals surface area contributed by atoms with Gasteiger partial charge < -0.3 is 0 Å². The third-order valence-electron chi connectivity index (χ3n) is 2.91.